The van der Waals surface area contributed by atoms with Crippen molar-refractivity contribution in [2.45, 2.75) is 31.9 Å². The average molecular weight is 302 g/mol. The third-order valence-electron chi connectivity index (χ3n) is 2.70. The molecule has 6 nitrogen and oxygen atoms in total. The van der Waals surface area contributed by atoms with E-state index in [4.69, 9.17) is 10.6 Å². The van der Waals surface area contributed by atoms with Crippen LogP contribution in [0.15, 0.2) is 10.7 Å². The van der Waals surface area contributed by atoms with E-state index in [0.717, 1.165) is 29.7 Å². The Kier molecular flexibility index (Phi) is 4.14. The van der Waals surface area contributed by atoms with Gasteiger partial charge in [0.25, 0.3) is 0 Å². The Bertz CT molecular complexity index is 389. The Morgan fingerprint density at radius 2 is 2.41 bits per heavy atom. The molecule has 0 radical (unpaired) electrons. The third-order valence-corrected chi connectivity index (χ3v) is 3.28. The van der Waals surface area contributed by atoms with Gasteiger partial charge in [-0.1, -0.05) is 0 Å². The highest BCUT2D eigenvalue weighted by Crippen LogP contribution is 2.24. The quantitative estimate of drug-likeness (QED) is 0.579. The fourth-order valence-electron chi connectivity index (χ4n) is 1.86. The molecule has 4 N–H and O–H groups in total. The molecular weight excluding hydrogens is 286 g/mol. The molecule has 2 heterocycles. The van der Waals surface area contributed by atoms with E-state index in [1.54, 1.807) is 6.20 Å². The van der Waals surface area contributed by atoms with Crippen LogP contribution >= 0.6 is 15.9 Å². The van der Waals surface area contributed by atoms with E-state index in [2.05, 4.69) is 43.6 Å². The van der Waals surface area contributed by atoms with Crippen molar-refractivity contribution in [2.24, 2.45) is 5.84 Å². The van der Waals surface area contributed by atoms with Crippen molar-refractivity contribution in [2.75, 3.05) is 17.3 Å². The van der Waals surface area contributed by atoms with Gasteiger partial charge in [-0.15, -0.1) is 0 Å². The maximum absolute atomic E-state index is 5.50. The summed E-state index contributed by atoms with van der Waals surface area (Å²) in [7, 11) is 0. The molecule has 7 heteroatoms. The van der Waals surface area contributed by atoms with Crippen molar-refractivity contribution in [1.29, 1.82) is 0 Å². The number of nitrogens with one attached hydrogen (secondary N) is 2. The molecule has 2 unspecified atom stereocenters. The summed E-state index contributed by atoms with van der Waals surface area (Å²) in [5, 5.41) is 3.38. The summed E-state index contributed by atoms with van der Waals surface area (Å²) in [6.45, 7) is 2.86. The maximum Gasteiger partial charge on any atom is 0.239 e. The van der Waals surface area contributed by atoms with Gasteiger partial charge in [0.15, 0.2) is 0 Å². The zero-order chi connectivity index (χ0) is 12.3. The fourth-order valence-corrected chi connectivity index (χ4v) is 2.17. The first-order chi connectivity index (χ1) is 8.19. The van der Waals surface area contributed by atoms with Crippen molar-refractivity contribution in [3.8, 4) is 0 Å². The maximum atomic E-state index is 5.50. The van der Waals surface area contributed by atoms with E-state index in [1.807, 2.05) is 0 Å². The van der Waals surface area contributed by atoms with E-state index in [-0.39, 0.29) is 6.10 Å². The number of hydrogen-bond donors (Lipinski definition) is 3. The normalized spacial score (nSPS) is 24.4. The second kappa shape index (κ2) is 5.61. The molecule has 1 aliphatic heterocycles. The summed E-state index contributed by atoms with van der Waals surface area (Å²) >= 11 is 3.41. The van der Waals surface area contributed by atoms with Gasteiger partial charge in [0, 0.05) is 18.8 Å². The molecule has 1 aliphatic rings. The van der Waals surface area contributed by atoms with E-state index in [1.165, 1.54) is 0 Å². The largest absolute Gasteiger partial charge is 0.378 e. The number of nitrogens with zero attached hydrogens (tertiary/aromatic N) is 2. The Hall–Kier alpha value is -0.920. The molecule has 94 valence electrons. The molecule has 0 spiro atoms. The zero-order valence-electron chi connectivity index (χ0n) is 9.61. The summed E-state index contributed by atoms with van der Waals surface area (Å²) in [4.78, 5) is 8.27. The van der Waals surface area contributed by atoms with Gasteiger partial charge in [0.2, 0.25) is 5.95 Å². The van der Waals surface area contributed by atoms with E-state index in [9.17, 15) is 0 Å². The highest BCUT2D eigenvalue weighted by Gasteiger charge is 2.20. The first-order valence-electron chi connectivity index (χ1n) is 5.56. The second-order valence-corrected chi connectivity index (χ2v) is 4.94. The lowest BCUT2D eigenvalue weighted by atomic mass is 10.0. The van der Waals surface area contributed by atoms with Gasteiger partial charge in [-0.2, -0.15) is 4.98 Å². The van der Waals surface area contributed by atoms with E-state index >= 15 is 0 Å². The van der Waals surface area contributed by atoms with Gasteiger partial charge >= 0.3 is 0 Å². The first-order valence-corrected chi connectivity index (χ1v) is 6.35. The number of ether oxygens (including phenoxy) is 1. The molecule has 0 amide bonds. The van der Waals surface area contributed by atoms with Gasteiger partial charge < -0.3 is 10.1 Å². The van der Waals surface area contributed by atoms with Crippen molar-refractivity contribution >= 4 is 27.7 Å². The van der Waals surface area contributed by atoms with Crippen LogP contribution in [0.5, 0.6) is 0 Å². The smallest absolute Gasteiger partial charge is 0.239 e. The monoisotopic (exact) mass is 301 g/mol. The molecule has 2 atom stereocenters. The minimum atomic E-state index is 0.286. The van der Waals surface area contributed by atoms with Crippen molar-refractivity contribution in [3.05, 3.63) is 10.7 Å². The summed E-state index contributed by atoms with van der Waals surface area (Å²) in [5.74, 6) is 6.44. The van der Waals surface area contributed by atoms with Crippen molar-refractivity contribution in [3.63, 3.8) is 0 Å². The summed E-state index contributed by atoms with van der Waals surface area (Å²) in [6.07, 6.45) is 3.91. The molecule has 1 saturated heterocycles. The molecule has 1 aromatic rings. The van der Waals surface area contributed by atoms with Crippen LogP contribution in [0.3, 0.4) is 0 Å². The van der Waals surface area contributed by atoms with Crippen molar-refractivity contribution < 1.29 is 4.74 Å². The van der Waals surface area contributed by atoms with Crippen LogP contribution in [0.4, 0.5) is 11.8 Å². The Morgan fingerprint density at radius 3 is 3.12 bits per heavy atom. The van der Waals surface area contributed by atoms with E-state index in [0.29, 0.717) is 12.0 Å². The van der Waals surface area contributed by atoms with Gasteiger partial charge in [-0.25, -0.2) is 10.8 Å². The summed E-state index contributed by atoms with van der Waals surface area (Å²) in [6, 6.07) is 0.371. The number of nitrogen functional groups attached to an aromatic ring is 1. The Labute approximate surface area is 108 Å². The van der Waals surface area contributed by atoms with Gasteiger partial charge in [-0.3, -0.25) is 5.43 Å². The highest BCUT2D eigenvalue weighted by atomic mass is 79.9. The van der Waals surface area contributed by atoms with E-state index < -0.39 is 0 Å². The molecule has 2 rings (SSSR count). The van der Waals surface area contributed by atoms with Crippen LogP contribution in [0.1, 0.15) is 19.8 Å². The molecule has 0 bridgehead atoms. The Morgan fingerprint density at radius 1 is 1.59 bits per heavy atom. The van der Waals surface area contributed by atoms with Crippen molar-refractivity contribution in [1.82, 2.24) is 9.97 Å². The average Bonchev–Trinajstić information content (AvgIpc) is 2.32. The lowest BCUT2D eigenvalue weighted by Gasteiger charge is -2.28. The van der Waals surface area contributed by atoms with Crippen LogP contribution in [0.2, 0.25) is 0 Å². The molecule has 0 saturated carbocycles. The number of hydrazine groups is 1. The van der Waals surface area contributed by atoms with Gasteiger partial charge in [-0.05, 0) is 35.7 Å². The summed E-state index contributed by atoms with van der Waals surface area (Å²) in [5.41, 5.74) is 2.43. The molecule has 0 aliphatic carbocycles. The Balaban J connectivity index is 2.06. The number of rotatable bonds is 3. The number of anilines is 2. The summed E-state index contributed by atoms with van der Waals surface area (Å²) < 4.78 is 6.33. The molecule has 1 aromatic heterocycles. The second-order valence-electron chi connectivity index (χ2n) is 4.08. The van der Waals surface area contributed by atoms with Crippen LogP contribution in [-0.4, -0.2) is 28.7 Å². The third kappa shape index (κ3) is 3.27. The van der Waals surface area contributed by atoms with Gasteiger partial charge in [0.1, 0.15) is 5.82 Å². The number of aromatic nitrogens is 2. The molecule has 17 heavy (non-hydrogen) atoms. The number of nitrogens with two attached hydrogens (primary N) is 1. The SMILES string of the molecule is CC1CC(Nc2nc(NN)ncc2Br)CCO1. The predicted octanol–water partition coefficient (Wildman–Crippen LogP) is 1.50. The minimum absolute atomic E-state index is 0.286. The topological polar surface area (TPSA) is 85.1 Å². The van der Waals surface area contributed by atoms with Gasteiger partial charge in [0.05, 0.1) is 10.6 Å². The zero-order valence-corrected chi connectivity index (χ0v) is 11.2. The lowest BCUT2D eigenvalue weighted by Crippen LogP contribution is -2.33. The van der Waals surface area contributed by atoms with Crippen LogP contribution < -0.4 is 16.6 Å². The lowest BCUT2D eigenvalue weighted by molar-refractivity contribution is 0.0231. The van der Waals surface area contributed by atoms with Crippen LogP contribution in [-0.2, 0) is 4.74 Å². The van der Waals surface area contributed by atoms with Crippen LogP contribution in [0, 0.1) is 0 Å². The fraction of sp³-hybridized carbons (Fsp3) is 0.600. The highest BCUT2D eigenvalue weighted by molar-refractivity contribution is 9.10. The predicted molar refractivity (Wildman–Crippen MR) is 69.6 cm³/mol. The standard InChI is InChI=1S/C10H16BrN5O/c1-6-4-7(2-3-17-6)14-9-8(11)5-13-10(15-9)16-12/h5-7H,2-4,12H2,1H3,(H2,13,14,15,16). The molecule has 0 aromatic carbocycles. The molecule has 1 fully saturated rings. The first kappa shape index (κ1) is 12.5. The number of hydrogen-bond acceptors (Lipinski definition) is 6. The molecular formula is C10H16BrN5O. The van der Waals surface area contributed by atoms with Crippen LogP contribution in [0.25, 0.3) is 0 Å². The number of halogens is 1. The minimum Gasteiger partial charge on any atom is -0.378 e.